The van der Waals surface area contributed by atoms with Crippen LogP contribution in [-0.4, -0.2) is 22.9 Å². The quantitative estimate of drug-likeness (QED) is 0.612. The third-order valence-corrected chi connectivity index (χ3v) is 2.28. The fourth-order valence-electron chi connectivity index (χ4n) is 1.36. The Labute approximate surface area is 61.9 Å². The summed E-state index contributed by atoms with van der Waals surface area (Å²) in [6, 6.07) is 0. The highest BCUT2D eigenvalue weighted by Crippen LogP contribution is 2.38. The van der Waals surface area contributed by atoms with E-state index in [4.69, 9.17) is 10.2 Å². The molecule has 0 bridgehead atoms. The second-order valence-corrected chi connectivity index (χ2v) is 3.39. The average Bonchev–Trinajstić information content (AvgIpc) is 2.68. The van der Waals surface area contributed by atoms with E-state index in [1.165, 1.54) is 12.8 Å². The highest BCUT2D eigenvalue weighted by atomic mass is 16.3. The highest BCUT2D eigenvalue weighted by molar-refractivity contribution is 4.79. The molecule has 2 atom stereocenters. The lowest BCUT2D eigenvalue weighted by atomic mass is 9.99. The molecular formula is C8H16O2. The summed E-state index contributed by atoms with van der Waals surface area (Å²) < 4.78 is 0. The van der Waals surface area contributed by atoms with E-state index in [1.807, 2.05) is 0 Å². The smallest absolute Gasteiger partial charge is 0.0773 e. The molecule has 2 nitrogen and oxygen atoms in total. The summed E-state index contributed by atoms with van der Waals surface area (Å²) in [5, 5.41) is 17.6. The third-order valence-electron chi connectivity index (χ3n) is 2.28. The van der Waals surface area contributed by atoms with Gasteiger partial charge >= 0.3 is 0 Å². The van der Waals surface area contributed by atoms with Gasteiger partial charge in [-0.15, -0.1) is 0 Å². The van der Waals surface area contributed by atoms with Gasteiger partial charge in [-0.05, 0) is 31.1 Å². The summed E-state index contributed by atoms with van der Waals surface area (Å²) in [4.78, 5) is 0. The summed E-state index contributed by atoms with van der Waals surface area (Å²) in [6.07, 6.45) is 2.91. The minimum Gasteiger partial charge on any atom is -0.394 e. The van der Waals surface area contributed by atoms with Crippen molar-refractivity contribution in [1.82, 2.24) is 0 Å². The maximum Gasteiger partial charge on any atom is 0.0773 e. The molecule has 0 spiro atoms. The Balaban J connectivity index is 2.10. The van der Waals surface area contributed by atoms with Gasteiger partial charge in [0.05, 0.1) is 12.7 Å². The van der Waals surface area contributed by atoms with Gasteiger partial charge in [0.1, 0.15) is 0 Å². The van der Waals surface area contributed by atoms with E-state index < -0.39 is 6.10 Å². The zero-order valence-corrected chi connectivity index (χ0v) is 6.45. The van der Waals surface area contributed by atoms with Crippen LogP contribution in [0.3, 0.4) is 0 Å². The Morgan fingerprint density at radius 1 is 1.50 bits per heavy atom. The Bertz CT molecular complexity index is 99.4. The second-order valence-electron chi connectivity index (χ2n) is 3.39. The number of aliphatic hydroxyl groups is 2. The Morgan fingerprint density at radius 2 is 2.10 bits per heavy atom. The van der Waals surface area contributed by atoms with Crippen LogP contribution in [0.2, 0.25) is 0 Å². The van der Waals surface area contributed by atoms with Crippen molar-refractivity contribution in [2.24, 2.45) is 11.8 Å². The van der Waals surface area contributed by atoms with Crippen LogP contribution in [0.1, 0.15) is 26.2 Å². The molecule has 0 aromatic carbocycles. The number of aliphatic hydroxyl groups excluding tert-OH is 2. The number of rotatable bonds is 4. The predicted octanol–water partition coefficient (Wildman–Crippen LogP) is 0.776. The predicted molar refractivity (Wildman–Crippen MR) is 39.6 cm³/mol. The SMILES string of the molecule is CC(CC(O)CO)C1CC1. The van der Waals surface area contributed by atoms with Crippen LogP contribution < -0.4 is 0 Å². The van der Waals surface area contributed by atoms with Crippen molar-refractivity contribution in [3.8, 4) is 0 Å². The lowest BCUT2D eigenvalue weighted by Gasteiger charge is -2.12. The third kappa shape index (κ3) is 2.27. The zero-order chi connectivity index (χ0) is 7.56. The first kappa shape index (κ1) is 8.02. The molecule has 1 aliphatic rings. The summed E-state index contributed by atoms with van der Waals surface area (Å²) in [5.74, 6) is 1.43. The van der Waals surface area contributed by atoms with Crippen molar-refractivity contribution in [2.75, 3.05) is 6.61 Å². The molecule has 60 valence electrons. The molecule has 1 saturated carbocycles. The fourth-order valence-corrected chi connectivity index (χ4v) is 1.36. The molecule has 2 heteroatoms. The van der Waals surface area contributed by atoms with E-state index in [0.29, 0.717) is 5.92 Å². The molecular weight excluding hydrogens is 128 g/mol. The lowest BCUT2D eigenvalue weighted by Crippen LogP contribution is -2.16. The molecule has 1 rings (SSSR count). The van der Waals surface area contributed by atoms with Crippen LogP contribution in [0.5, 0.6) is 0 Å². The van der Waals surface area contributed by atoms with Crippen molar-refractivity contribution in [2.45, 2.75) is 32.3 Å². The van der Waals surface area contributed by atoms with Gasteiger partial charge in [0, 0.05) is 0 Å². The van der Waals surface area contributed by atoms with E-state index >= 15 is 0 Å². The molecule has 2 unspecified atom stereocenters. The largest absolute Gasteiger partial charge is 0.394 e. The number of hydrogen-bond donors (Lipinski definition) is 2. The van der Waals surface area contributed by atoms with Crippen molar-refractivity contribution >= 4 is 0 Å². The van der Waals surface area contributed by atoms with Gasteiger partial charge in [0.2, 0.25) is 0 Å². The topological polar surface area (TPSA) is 40.5 Å². The molecule has 1 fully saturated rings. The minimum atomic E-state index is -0.490. The summed E-state index contributed by atoms with van der Waals surface area (Å²) in [6.45, 7) is 2.06. The van der Waals surface area contributed by atoms with Crippen LogP contribution in [0.4, 0.5) is 0 Å². The molecule has 10 heavy (non-hydrogen) atoms. The summed E-state index contributed by atoms with van der Waals surface area (Å²) >= 11 is 0. The van der Waals surface area contributed by atoms with Crippen LogP contribution in [-0.2, 0) is 0 Å². The average molecular weight is 144 g/mol. The molecule has 0 amide bonds. The minimum absolute atomic E-state index is 0.0862. The van der Waals surface area contributed by atoms with Crippen LogP contribution in [0, 0.1) is 11.8 Å². The lowest BCUT2D eigenvalue weighted by molar-refractivity contribution is 0.0734. The van der Waals surface area contributed by atoms with Crippen LogP contribution >= 0.6 is 0 Å². The van der Waals surface area contributed by atoms with Crippen molar-refractivity contribution in [1.29, 1.82) is 0 Å². The molecule has 0 radical (unpaired) electrons. The molecule has 1 aliphatic carbocycles. The molecule has 0 heterocycles. The van der Waals surface area contributed by atoms with Crippen molar-refractivity contribution < 1.29 is 10.2 Å². The van der Waals surface area contributed by atoms with E-state index in [-0.39, 0.29) is 6.61 Å². The highest BCUT2D eigenvalue weighted by Gasteiger charge is 2.28. The first-order valence-corrected chi connectivity index (χ1v) is 4.03. The van der Waals surface area contributed by atoms with Gasteiger partial charge in [0.15, 0.2) is 0 Å². The Kier molecular flexibility index (Phi) is 2.69. The maximum atomic E-state index is 9.06. The first-order chi connectivity index (χ1) is 4.74. The first-order valence-electron chi connectivity index (χ1n) is 4.03. The fraction of sp³-hybridized carbons (Fsp3) is 1.00. The van der Waals surface area contributed by atoms with Gasteiger partial charge in [-0.2, -0.15) is 0 Å². The second kappa shape index (κ2) is 3.35. The van der Waals surface area contributed by atoms with Gasteiger partial charge in [-0.3, -0.25) is 0 Å². The van der Waals surface area contributed by atoms with Crippen LogP contribution in [0.15, 0.2) is 0 Å². The maximum absolute atomic E-state index is 9.06. The molecule has 0 aliphatic heterocycles. The van der Waals surface area contributed by atoms with E-state index in [9.17, 15) is 0 Å². The Hall–Kier alpha value is -0.0800. The van der Waals surface area contributed by atoms with E-state index in [2.05, 4.69) is 6.92 Å². The molecule has 0 aromatic rings. The monoisotopic (exact) mass is 144 g/mol. The van der Waals surface area contributed by atoms with Gasteiger partial charge < -0.3 is 10.2 Å². The van der Waals surface area contributed by atoms with Gasteiger partial charge in [0.25, 0.3) is 0 Å². The zero-order valence-electron chi connectivity index (χ0n) is 6.45. The van der Waals surface area contributed by atoms with Crippen molar-refractivity contribution in [3.05, 3.63) is 0 Å². The molecule has 0 saturated heterocycles. The standard InChI is InChI=1S/C8H16O2/c1-6(7-2-3-7)4-8(10)5-9/h6-10H,2-5H2,1H3. The Morgan fingerprint density at radius 3 is 2.50 bits per heavy atom. The number of hydrogen-bond acceptors (Lipinski definition) is 2. The molecule has 2 N–H and O–H groups in total. The van der Waals surface area contributed by atoms with E-state index in [0.717, 1.165) is 12.3 Å². The van der Waals surface area contributed by atoms with E-state index in [1.54, 1.807) is 0 Å². The van der Waals surface area contributed by atoms with Gasteiger partial charge in [-0.25, -0.2) is 0 Å². The molecule has 0 aromatic heterocycles. The van der Waals surface area contributed by atoms with Crippen LogP contribution in [0.25, 0.3) is 0 Å². The van der Waals surface area contributed by atoms with Gasteiger partial charge in [-0.1, -0.05) is 6.92 Å². The van der Waals surface area contributed by atoms with Crippen molar-refractivity contribution in [3.63, 3.8) is 0 Å². The summed E-state index contributed by atoms with van der Waals surface area (Å²) in [5.41, 5.74) is 0. The normalized spacial score (nSPS) is 24.3. The summed E-state index contributed by atoms with van der Waals surface area (Å²) in [7, 11) is 0.